The van der Waals surface area contributed by atoms with Crippen LogP contribution in [0.5, 0.6) is 0 Å². The van der Waals surface area contributed by atoms with Gasteiger partial charge >= 0.3 is 0 Å². The molecular formula is C16H17BrCl3N3. The molecule has 0 saturated carbocycles. The summed E-state index contributed by atoms with van der Waals surface area (Å²) in [4.78, 5) is 6.10. The van der Waals surface area contributed by atoms with Crippen molar-refractivity contribution in [1.82, 2.24) is 4.90 Å². The minimum absolute atomic E-state index is 0. The van der Waals surface area contributed by atoms with E-state index in [-0.39, 0.29) is 12.4 Å². The third kappa shape index (κ3) is 6.22. The quantitative estimate of drug-likeness (QED) is 0.458. The fourth-order valence-corrected chi connectivity index (χ4v) is 2.85. The molecule has 1 N–H and O–H groups in total. The number of benzene rings is 2. The zero-order valence-corrected chi connectivity index (χ0v) is 16.6. The van der Waals surface area contributed by atoms with Gasteiger partial charge in [0.15, 0.2) is 0 Å². The standard InChI is InChI=1S/C16H16BrCl2N3.ClH/c1-22(2)10-21-16-14(18)7-13(8-15(16)19)20-9-11-4-3-5-12(17)6-11;/h3-8,10,20H,9H2,1-2H3;1H/b21-10-;. The summed E-state index contributed by atoms with van der Waals surface area (Å²) in [7, 11) is 3.78. The zero-order chi connectivity index (χ0) is 16.1. The Morgan fingerprint density at radius 2 is 1.83 bits per heavy atom. The monoisotopic (exact) mass is 435 g/mol. The Bertz CT molecular complexity index is 667. The summed E-state index contributed by atoms with van der Waals surface area (Å²) in [6, 6.07) is 11.8. The first-order chi connectivity index (χ1) is 10.5. The first kappa shape index (κ1) is 20.1. The maximum Gasteiger partial charge on any atom is 0.102 e. The van der Waals surface area contributed by atoms with Crippen LogP contribution in [0.25, 0.3) is 0 Å². The highest BCUT2D eigenvalue weighted by atomic mass is 79.9. The van der Waals surface area contributed by atoms with Crippen LogP contribution in [0.15, 0.2) is 45.9 Å². The SMILES string of the molecule is CN(C)/C=N\c1c(Cl)cc(NCc2cccc(Br)c2)cc1Cl.Cl. The Morgan fingerprint density at radius 3 is 2.39 bits per heavy atom. The fourth-order valence-electron chi connectivity index (χ4n) is 1.82. The molecule has 0 aliphatic heterocycles. The van der Waals surface area contributed by atoms with E-state index in [0.29, 0.717) is 22.3 Å². The molecule has 0 radical (unpaired) electrons. The molecule has 2 rings (SSSR count). The normalized spacial score (nSPS) is 10.5. The fraction of sp³-hybridized carbons (Fsp3) is 0.188. The molecule has 0 bridgehead atoms. The number of halogens is 4. The van der Waals surface area contributed by atoms with Gasteiger partial charge in [-0.25, -0.2) is 4.99 Å². The maximum atomic E-state index is 6.26. The van der Waals surface area contributed by atoms with Crippen molar-refractivity contribution in [3.63, 3.8) is 0 Å². The van der Waals surface area contributed by atoms with Crippen molar-refractivity contribution in [2.75, 3.05) is 19.4 Å². The van der Waals surface area contributed by atoms with E-state index in [1.54, 1.807) is 6.34 Å². The second-order valence-electron chi connectivity index (χ2n) is 4.98. The number of aliphatic imine (C=N–C) groups is 1. The molecule has 0 spiro atoms. The van der Waals surface area contributed by atoms with Crippen LogP contribution in [0.2, 0.25) is 10.0 Å². The summed E-state index contributed by atoms with van der Waals surface area (Å²) in [5.41, 5.74) is 2.60. The lowest BCUT2D eigenvalue weighted by molar-refractivity contribution is 0.643. The zero-order valence-electron chi connectivity index (χ0n) is 12.7. The number of hydrogen-bond donors (Lipinski definition) is 1. The van der Waals surface area contributed by atoms with Crippen LogP contribution in [-0.4, -0.2) is 25.3 Å². The minimum atomic E-state index is 0. The van der Waals surface area contributed by atoms with Crippen LogP contribution in [0.3, 0.4) is 0 Å². The van der Waals surface area contributed by atoms with Crippen LogP contribution in [-0.2, 0) is 6.54 Å². The van der Waals surface area contributed by atoms with Gasteiger partial charge in [-0.3, -0.25) is 0 Å². The predicted molar refractivity (Wildman–Crippen MR) is 107 cm³/mol. The Balaban J connectivity index is 0.00000264. The average molecular weight is 438 g/mol. The molecule has 7 heteroatoms. The first-order valence-corrected chi connectivity index (χ1v) is 8.18. The van der Waals surface area contributed by atoms with E-state index < -0.39 is 0 Å². The largest absolute Gasteiger partial charge is 0.381 e. The summed E-state index contributed by atoms with van der Waals surface area (Å²) >= 11 is 16.0. The van der Waals surface area contributed by atoms with Gasteiger partial charge in [0.2, 0.25) is 0 Å². The summed E-state index contributed by atoms with van der Waals surface area (Å²) in [5, 5.41) is 4.34. The lowest BCUT2D eigenvalue weighted by Gasteiger charge is -2.10. The smallest absolute Gasteiger partial charge is 0.102 e. The summed E-state index contributed by atoms with van der Waals surface area (Å²) < 4.78 is 1.05. The van der Waals surface area contributed by atoms with Crippen molar-refractivity contribution in [2.45, 2.75) is 6.54 Å². The highest BCUT2D eigenvalue weighted by Gasteiger charge is 2.07. The van der Waals surface area contributed by atoms with Gasteiger partial charge in [0.05, 0.1) is 16.4 Å². The lowest BCUT2D eigenvalue weighted by Crippen LogP contribution is -2.07. The van der Waals surface area contributed by atoms with Crippen molar-refractivity contribution in [1.29, 1.82) is 0 Å². The topological polar surface area (TPSA) is 27.6 Å². The van der Waals surface area contributed by atoms with E-state index >= 15 is 0 Å². The molecule has 0 aromatic heterocycles. The summed E-state index contributed by atoms with van der Waals surface area (Å²) in [6.45, 7) is 0.687. The Hall–Kier alpha value is -0.940. The Morgan fingerprint density at radius 1 is 1.17 bits per heavy atom. The van der Waals surface area contributed by atoms with Crippen LogP contribution in [0, 0.1) is 0 Å². The molecule has 0 saturated heterocycles. The maximum absolute atomic E-state index is 6.26. The van der Waals surface area contributed by atoms with Gasteiger partial charge in [-0.15, -0.1) is 12.4 Å². The van der Waals surface area contributed by atoms with Gasteiger partial charge < -0.3 is 10.2 Å². The van der Waals surface area contributed by atoms with Gasteiger partial charge in [-0.05, 0) is 29.8 Å². The van der Waals surface area contributed by atoms with Gasteiger partial charge in [0.1, 0.15) is 5.69 Å². The van der Waals surface area contributed by atoms with Gasteiger partial charge in [0.25, 0.3) is 0 Å². The second kappa shape index (κ2) is 9.38. The first-order valence-electron chi connectivity index (χ1n) is 6.63. The molecule has 0 unspecified atom stereocenters. The van der Waals surface area contributed by atoms with E-state index in [1.807, 2.05) is 43.3 Å². The molecule has 0 aliphatic carbocycles. The van der Waals surface area contributed by atoms with Crippen LogP contribution in [0.1, 0.15) is 5.56 Å². The molecule has 2 aromatic carbocycles. The highest BCUT2D eigenvalue weighted by Crippen LogP contribution is 2.36. The Labute approximate surface area is 161 Å². The van der Waals surface area contributed by atoms with Crippen molar-refractivity contribution in [3.05, 3.63) is 56.5 Å². The van der Waals surface area contributed by atoms with Crippen molar-refractivity contribution in [3.8, 4) is 0 Å². The molecule has 0 heterocycles. The highest BCUT2D eigenvalue weighted by molar-refractivity contribution is 9.10. The van der Waals surface area contributed by atoms with Crippen LogP contribution >= 0.6 is 51.5 Å². The number of nitrogens with one attached hydrogen (secondary N) is 1. The molecule has 0 fully saturated rings. The third-order valence-electron chi connectivity index (χ3n) is 2.82. The van der Waals surface area contributed by atoms with E-state index in [1.165, 1.54) is 0 Å². The molecule has 3 nitrogen and oxygen atoms in total. The molecule has 0 atom stereocenters. The van der Waals surface area contributed by atoms with E-state index in [0.717, 1.165) is 15.7 Å². The number of hydrogen-bond acceptors (Lipinski definition) is 2. The number of nitrogens with zero attached hydrogens (tertiary/aromatic N) is 2. The van der Waals surface area contributed by atoms with Crippen LogP contribution < -0.4 is 5.32 Å². The molecule has 2 aromatic rings. The molecule has 124 valence electrons. The molecule has 23 heavy (non-hydrogen) atoms. The second-order valence-corrected chi connectivity index (χ2v) is 6.71. The van der Waals surface area contributed by atoms with Gasteiger partial charge in [-0.2, -0.15) is 0 Å². The van der Waals surface area contributed by atoms with Crippen LogP contribution in [0.4, 0.5) is 11.4 Å². The summed E-state index contributed by atoms with van der Waals surface area (Å²) in [5.74, 6) is 0. The van der Waals surface area contributed by atoms with E-state index in [2.05, 4.69) is 38.4 Å². The minimum Gasteiger partial charge on any atom is -0.381 e. The van der Waals surface area contributed by atoms with Crippen molar-refractivity contribution >= 4 is 69.3 Å². The predicted octanol–water partition coefficient (Wildman–Crippen LogP) is 6.01. The average Bonchev–Trinajstić information content (AvgIpc) is 2.44. The number of rotatable bonds is 5. The Kier molecular flexibility index (Phi) is 8.20. The molecular weight excluding hydrogens is 420 g/mol. The van der Waals surface area contributed by atoms with Crippen molar-refractivity contribution < 1.29 is 0 Å². The number of anilines is 1. The van der Waals surface area contributed by atoms with Crippen molar-refractivity contribution in [2.24, 2.45) is 4.99 Å². The van der Waals surface area contributed by atoms with Gasteiger partial charge in [-0.1, -0.05) is 51.3 Å². The van der Waals surface area contributed by atoms with E-state index in [9.17, 15) is 0 Å². The summed E-state index contributed by atoms with van der Waals surface area (Å²) in [6.07, 6.45) is 1.67. The molecule has 0 aliphatic rings. The lowest BCUT2D eigenvalue weighted by atomic mass is 10.2. The third-order valence-corrected chi connectivity index (χ3v) is 3.89. The van der Waals surface area contributed by atoms with E-state index in [4.69, 9.17) is 23.2 Å². The molecule has 0 amide bonds. The van der Waals surface area contributed by atoms with Gasteiger partial charge in [0, 0.05) is 30.8 Å².